The molecule has 0 radical (unpaired) electrons. The fourth-order valence-corrected chi connectivity index (χ4v) is 2.00. The highest BCUT2D eigenvalue weighted by atomic mass is 32.1. The zero-order valence-corrected chi connectivity index (χ0v) is 11.4. The number of carbonyl (C=O) groups excluding carboxylic acids is 2. The first kappa shape index (κ1) is 15.0. The second-order valence-electron chi connectivity index (χ2n) is 3.89. The molecule has 1 rings (SSSR count). The summed E-state index contributed by atoms with van der Waals surface area (Å²) < 4.78 is 0. The molecule has 0 saturated heterocycles. The first-order chi connectivity index (χ1) is 8.91. The van der Waals surface area contributed by atoms with Gasteiger partial charge in [-0.2, -0.15) is 0 Å². The van der Waals surface area contributed by atoms with Gasteiger partial charge >= 0.3 is 12.0 Å². The van der Waals surface area contributed by atoms with Gasteiger partial charge in [0, 0.05) is 27.1 Å². The lowest BCUT2D eigenvalue weighted by Gasteiger charge is -2.10. The van der Waals surface area contributed by atoms with Crippen LogP contribution in [0.1, 0.15) is 16.8 Å². The van der Waals surface area contributed by atoms with Gasteiger partial charge in [-0.05, 0) is 11.4 Å². The Kier molecular flexibility index (Phi) is 5.31. The Morgan fingerprint density at radius 2 is 2.05 bits per heavy atom. The van der Waals surface area contributed by atoms with Crippen molar-refractivity contribution in [1.82, 2.24) is 10.2 Å². The number of carbonyl (C=O) groups is 3. The van der Waals surface area contributed by atoms with E-state index in [-0.39, 0.29) is 29.4 Å². The van der Waals surface area contributed by atoms with Crippen LogP contribution in [0.25, 0.3) is 0 Å². The molecule has 3 N–H and O–H groups in total. The van der Waals surface area contributed by atoms with E-state index in [0.29, 0.717) is 0 Å². The monoisotopic (exact) mass is 285 g/mol. The summed E-state index contributed by atoms with van der Waals surface area (Å²) in [5.41, 5.74) is 0.0458. The molecule has 1 aromatic rings. The van der Waals surface area contributed by atoms with E-state index in [9.17, 15) is 14.4 Å². The molecule has 0 aliphatic carbocycles. The molecule has 104 valence electrons. The predicted octanol–water partition coefficient (Wildman–Crippen LogP) is 1.05. The fourth-order valence-electron chi connectivity index (χ4n) is 1.23. The molecule has 1 aromatic heterocycles. The lowest BCUT2D eigenvalue weighted by Crippen LogP contribution is -2.33. The lowest BCUT2D eigenvalue weighted by molar-refractivity contribution is -0.128. The van der Waals surface area contributed by atoms with Crippen LogP contribution in [0, 0.1) is 0 Å². The third-order valence-electron chi connectivity index (χ3n) is 2.25. The van der Waals surface area contributed by atoms with E-state index in [0.717, 1.165) is 11.3 Å². The van der Waals surface area contributed by atoms with Crippen LogP contribution in [0.4, 0.5) is 9.80 Å². The van der Waals surface area contributed by atoms with Crippen molar-refractivity contribution in [3.05, 3.63) is 17.0 Å². The van der Waals surface area contributed by atoms with E-state index >= 15 is 0 Å². The van der Waals surface area contributed by atoms with Crippen LogP contribution >= 0.6 is 11.3 Å². The number of nitrogens with one attached hydrogen (secondary N) is 2. The third-order valence-corrected chi connectivity index (χ3v) is 3.08. The molecule has 0 unspecified atom stereocenters. The fraction of sp³-hybridized carbons (Fsp3) is 0.364. The number of aromatic carboxylic acids is 1. The van der Waals surface area contributed by atoms with Gasteiger partial charge < -0.3 is 15.3 Å². The van der Waals surface area contributed by atoms with Gasteiger partial charge in [0.05, 0.1) is 5.56 Å². The Morgan fingerprint density at radius 1 is 1.37 bits per heavy atom. The highest BCUT2D eigenvalue weighted by Crippen LogP contribution is 2.22. The minimum atomic E-state index is -1.10. The van der Waals surface area contributed by atoms with Crippen molar-refractivity contribution in [1.29, 1.82) is 0 Å². The zero-order chi connectivity index (χ0) is 14.4. The standard InChI is InChI=1S/C11H15N3O4S/c1-14(2)8(15)3-5-12-11(18)13-9-7(10(16)17)4-6-19-9/h4,6H,3,5H2,1-2H3,(H,16,17)(H2,12,13,18). The molecule has 0 aromatic carbocycles. The highest BCUT2D eigenvalue weighted by Gasteiger charge is 2.13. The SMILES string of the molecule is CN(C)C(=O)CCNC(=O)Nc1sccc1C(=O)O. The van der Waals surface area contributed by atoms with E-state index in [1.165, 1.54) is 11.0 Å². The van der Waals surface area contributed by atoms with Crippen molar-refractivity contribution in [3.8, 4) is 0 Å². The van der Waals surface area contributed by atoms with Crippen molar-refractivity contribution in [2.45, 2.75) is 6.42 Å². The average molecular weight is 285 g/mol. The number of nitrogens with zero attached hydrogens (tertiary/aromatic N) is 1. The summed E-state index contributed by atoms with van der Waals surface area (Å²) in [6.07, 6.45) is 0.191. The van der Waals surface area contributed by atoms with E-state index in [1.54, 1.807) is 19.5 Å². The van der Waals surface area contributed by atoms with Crippen LogP contribution < -0.4 is 10.6 Å². The summed E-state index contributed by atoms with van der Waals surface area (Å²) in [5, 5.41) is 15.6. The smallest absolute Gasteiger partial charge is 0.338 e. The number of hydrogen-bond acceptors (Lipinski definition) is 4. The Morgan fingerprint density at radius 3 is 2.63 bits per heavy atom. The molecule has 0 atom stereocenters. The van der Waals surface area contributed by atoms with Crippen LogP contribution in [0.2, 0.25) is 0 Å². The largest absolute Gasteiger partial charge is 0.478 e. The van der Waals surface area contributed by atoms with E-state index in [2.05, 4.69) is 10.6 Å². The molecule has 0 spiro atoms. The molecule has 3 amide bonds. The van der Waals surface area contributed by atoms with Gasteiger partial charge in [-0.15, -0.1) is 11.3 Å². The second-order valence-corrected chi connectivity index (χ2v) is 4.80. The van der Waals surface area contributed by atoms with Gasteiger partial charge in [-0.25, -0.2) is 9.59 Å². The number of hydrogen-bond donors (Lipinski definition) is 3. The number of amides is 3. The van der Waals surface area contributed by atoms with Crippen molar-refractivity contribution in [2.24, 2.45) is 0 Å². The van der Waals surface area contributed by atoms with Crippen LogP contribution in [0.15, 0.2) is 11.4 Å². The summed E-state index contributed by atoms with van der Waals surface area (Å²) in [6, 6.07) is 0.884. The zero-order valence-electron chi connectivity index (χ0n) is 10.6. The molecule has 0 bridgehead atoms. The Hall–Kier alpha value is -2.09. The minimum Gasteiger partial charge on any atom is -0.478 e. The molecule has 0 aliphatic heterocycles. The van der Waals surface area contributed by atoms with Crippen molar-refractivity contribution >= 4 is 34.2 Å². The predicted molar refractivity (Wildman–Crippen MR) is 71.6 cm³/mol. The van der Waals surface area contributed by atoms with Gasteiger partial charge in [0.2, 0.25) is 5.91 Å². The number of thiophene rings is 1. The molecule has 19 heavy (non-hydrogen) atoms. The summed E-state index contributed by atoms with van der Waals surface area (Å²) >= 11 is 1.12. The maximum absolute atomic E-state index is 11.5. The second kappa shape index (κ2) is 6.74. The van der Waals surface area contributed by atoms with Gasteiger partial charge in [0.1, 0.15) is 5.00 Å². The van der Waals surface area contributed by atoms with Crippen molar-refractivity contribution in [3.63, 3.8) is 0 Å². The lowest BCUT2D eigenvalue weighted by atomic mass is 10.3. The summed E-state index contributed by atoms with van der Waals surface area (Å²) in [7, 11) is 3.26. The first-order valence-corrected chi connectivity index (χ1v) is 6.35. The maximum Gasteiger partial charge on any atom is 0.338 e. The minimum absolute atomic E-state index is 0.0458. The average Bonchev–Trinajstić information content (AvgIpc) is 2.76. The summed E-state index contributed by atoms with van der Waals surface area (Å²) in [5.74, 6) is -1.19. The van der Waals surface area contributed by atoms with Crippen molar-refractivity contribution < 1.29 is 19.5 Å². The molecular formula is C11H15N3O4S. The molecular weight excluding hydrogens is 270 g/mol. The molecule has 0 fully saturated rings. The molecule has 1 heterocycles. The Balaban J connectivity index is 2.41. The third kappa shape index (κ3) is 4.59. The number of carboxylic acid groups (broad SMARTS) is 1. The Labute approximate surface area is 114 Å². The van der Waals surface area contributed by atoms with Crippen LogP contribution in [0.5, 0.6) is 0 Å². The van der Waals surface area contributed by atoms with Crippen LogP contribution in [0.3, 0.4) is 0 Å². The molecule has 0 aliphatic rings. The van der Waals surface area contributed by atoms with E-state index in [1.807, 2.05) is 0 Å². The van der Waals surface area contributed by atoms with E-state index < -0.39 is 12.0 Å². The topological polar surface area (TPSA) is 98.7 Å². The van der Waals surface area contributed by atoms with Gasteiger partial charge in [-0.3, -0.25) is 10.1 Å². The summed E-state index contributed by atoms with van der Waals surface area (Å²) in [6.45, 7) is 0.191. The molecule has 7 nitrogen and oxygen atoms in total. The normalized spacial score (nSPS) is 9.79. The van der Waals surface area contributed by atoms with Crippen LogP contribution in [-0.4, -0.2) is 48.6 Å². The van der Waals surface area contributed by atoms with Gasteiger partial charge in [-0.1, -0.05) is 0 Å². The quantitative estimate of drug-likeness (QED) is 0.753. The molecule has 0 saturated carbocycles. The number of rotatable bonds is 5. The van der Waals surface area contributed by atoms with Crippen LogP contribution in [-0.2, 0) is 4.79 Å². The first-order valence-electron chi connectivity index (χ1n) is 5.47. The maximum atomic E-state index is 11.5. The number of urea groups is 1. The van der Waals surface area contributed by atoms with E-state index in [4.69, 9.17) is 5.11 Å². The highest BCUT2D eigenvalue weighted by molar-refractivity contribution is 7.14. The number of anilines is 1. The number of carboxylic acids is 1. The van der Waals surface area contributed by atoms with Crippen molar-refractivity contribution in [2.75, 3.05) is 26.0 Å². The van der Waals surface area contributed by atoms with Gasteiger partial charge in [0.15, 0.2) is 0 Å². The summed E-state index contributed by atoms with van der Waals surface area (Å²) in [4.78, 5) is 35.0. The molecule has 8 heteroatoms. The van der Waals surface area contributed by atoms with Gasteiger partial charge in [0.25, 0.3) is 0 Å². The Bertz CT molecular complexity index is 484.